The fraction of sp³-hybridized carbons (Fsp3) is 0.490. The first-order chi connectivity index (χ1) is 32.3. The number of benzene rings is 2. The second kappa shape index (κ2) is 23.5. The van der Waals surface area contributed by atoms with E-state index in [1.54, 1.807) is 105 Å². The van der Waals surface area contributed by atoms with Gasteiger partial charge in [-0.25, -0.2) is 19.4 Å². The lowest BCUT2D eigenvalue weighted by Gasteiger charge is -2.32. The molecular formula is C49H64BrClN8O9S. The van der Waals surface area contributed by atoms with Gasteiger partial charge in [-0.3, -0.25) is 19.0 Å². The number of likely N-dealkylation sites (N-methyl/N-ethyl adjacent to an activating group) is 1. The Kier molecular flexibility index (Phi) is 18.6. The van der Waals surface area contributed by atoms with Crippen molar-refractivity contribution in [2.24, 2.45) is 0 Å². The summed E-state index contributed by atoms with van der Waals surface area (Å²) in [6.07, 6.45) is 1.63. The van der Waals surface area contributed by atoms with Gasteiger partial charge < -0.3 is 45.7 Å². The number of alkyl carbamates (subject to hydrolysis) is 2. The highest BCUT2D eigenvalue weighted by Crippen LogP contribution is 2.40. The summed E-state index contributed by atoms with van der Waals surface area (Å²) in [5, 5.41) is 16.4. The van der Waals surface area contributed by atoms with Gasteiger partial charge in [-0.05, 0) is 117 Å². The first kappa shape index (κ1) is 54.6. The Hall–Kier alpha value is -5.37. The fourth-order valence-electron chi connectivity index (χ4n) is 7.31. The number of pyridine rings is 1. The van der Waals surface area contributed by atoms with Crippen LogP contribution in [0, 0.1) is 0 Å². The predicted octanol–water partition coefficient (Wildman–Crippen LogP) is 8.25. The van der Waals surface area contributed by atoms with Gasteiger partial charge in [0.15, 0.2) is 0 Å². The molecule has 5 amide bonds. The van der Waals surface area contributed by atoms with E-state index in [0.29, 0.717) is 41.4 Å². The van der Waals surface area contributed by atoms with Crippen LogP contribution in [-0.2, 0) is 48.1 Å². The molecule has 3 atom stereocenters. The molecule has 4 aromatic rings. The van der Waals surface area contributed by atoms with Crippen LogP contribution in [0.15, 0.2) is 75.3 Å². The Morgan fingerprint density at radius 1 is 0.826 bits per heavy atom. The molecule has 20 heteroatoms. The molecule has 1 aliphatic heterocycles. The van der Waals surface area contributed by atoms with Crippen molar-refractivity contribution in [1.29, 1.82) is 0 Å². The number of para-hydroxylation sites is 1. The zero-order chi connectivity index (χ0) is 50.8. The Morgan fingerprint density at radius 3 is 2.14 bits per heavy atom. The number of ether oxygens (including phenoxy) is 3. The molecular weight excluding hydrogens is 992 g/mol. The molecule has 2 aromatic heterocycles. The number of nitrogens with one attached hydrogen (secondary N) is 5. The maximum atomic E-state index is 15.0. The highest BCUT2D eigenvalue weighted by molar-refractivity contribution is 9.10. The van der Waals surface area contributed by atoms with Gasteiger partial charge in [0.1, 0.15) is 33.9 Å². The second-order valence-corrected chi connectivity index (χ2v) is 21.9. The number of carbonyl (C=O) groups is 6. The third-order valence-electron chi connectivity index (χ3n) is 10.5. The van der Waals surface area contributed by atoms with Crippen LogP contribution in [0.25, 0.3) is 10.9 Å². The molecule has 69 heavy (non-hydrogen) atoms. The number of rotatable bonds is 9. The van der Waals surface area contributed by atoms with Crippen molar-refractivity contribution >= 4 is 86.2 Å². The molecule has 5 N–H and O–H groups in total. The van der Waals surface area contributed by atoms with Crippen molar-refractivity contribution in [3.63, 3.8) is 0 Å². The number of carbonyl (C=O) groups excluding carboxylic acids is 6. The number of hydrogen-bond acceptors (Lipinski definition) is 12. The van der Waals surface area contributed by atoms with Crippen LogP contribution in [0.5, 0.6) is 0 Å². The standard InChI is InChI=1S/C49H64BrClN8O9S/c1-47(2,3)66-44(63)53-23-14-17-36-43(62)58(10)38(25-30-28-59(46(65)68-49(7,8)9)37-18-12-11-16-31(30)37)41(61)56-27-32-33(50)19-20-34(51)39(32)69-42-29(15-13-22-52-42)26-55-35(40(60)57-36)21-24-54-45(64)67-48(4,5)6/h11-13,15-16,18-20,22,28,35-36,38,55H,14,17,21,23-27H2,1-10H3,(H,53,63)(H,54,64)(H,56,61)(H,57,60)/t35-,36-,38-/m0/s1. The summed E-state index contributed by atoms with van der Waals surface area (Å²) in [6.45, 7) is 16.0. The predicted molar refractivity (Wildman–Crippen MR) is 268 cm³/mol. The van der Waals surface area contributed by atoms with Crippen molar-refractivity contribution in [3.8, 4) is 0 Å². The minimum Gasteiger partial charge on any atom is -0.444 e. The maximum absolute atomic E-state index is 15.0. The number of nitrogens with zero attached hydrogens (tertiary/aromatic N) is 3. The highest BCUT2D eigenvalue weighted by atomic mass is 79.9. The first-order valence-corrected chi connectivity index (χ1v) is 24.7. The Labute approximate surface area is 421 Å². The smallest absolute Gasteiger partial charge is 0.419 e. The fourth-order valence-corrected chi connectivity index (χ4v) is 9.25. The van der Waals surface area contributed by atoms with Crippen molar-refractivity contribution < 1.29 is 43.0 Å². The van der Waals surface area contributed by atoms with E-state index in [2.05, 4.69) is 47.5 Å². The molecule has 2 aromatic carbocycles. The van der Waals surface area contributed by atoms with Gasteiger partial charge in [-0.2, -0.15) is 0 Å². The lowest BCUT2D eigenvalue weighted by atomic mass is 10.0. The number of aromatic nitrogens is 2. The Morgan fingerprint density at radius 2 is 1.48 bits per heavy atom. The van der Waals surface area contributed by atoms with E-state index >= 15 is 4.79 Å². The van der Waals surface area contributed by atoms with E-state index in [4.69, 9.17) is 25.8 Å². The van der Waals surface area contributed by atoms with Crippen LogP contribution in [0.3, 0.4) is 0 Å². The second-order valence-electron chi connectivity index (χ2n) is 19.6. The largest absolute Gasteiger partial charge is 0.444 e. The van der Waals surface area contributed by atoms with Crippen LogP contribution >= 0.6 is 39.3 Å². The lowest BCUT2D eigenvalue weighted by molar-refractivity contribution is -0.142. The van der Waals surface area contributed by atoms with E-state index in [1.807, 2.05) is 18.2 Å². The summed E-state index contributed by atoms with van der Waals surface area (Å²) >= 11 is 11.9. The summed E-state index contributed by atoms with van der Waals surface area (Å²) in [5.41, 5.74) is 0.201. The van der Waals surface area contributed by atoms with E-state index < -0.39 is 70.9 Å². The number of amides is 5. The van der Waals surface area contributed by atoms with Gasteiger partial charge in [0.2, 0.25) is 17.7 Å². The molecule has 0 radical (unpaired) electrons. The van der Waals surface area contributed by atoms with Crippen LogP contribution in [0.4, 0.5) is 14.4 Å². The monoisotopic (exact) mass is 1050 g/mol. The third kappa shape index (κ3) is 16.1. The topological polar surface area (TPSA) is 211 Å². The summed E-state index contributed by atoms with van der Waals surface area (Å²) in [4.78, 5) is 89.9. The number of fused-ring (bicyclic) bond motifs is 3. The molecule has 17 nitrogen and oxygen atoms in total. The van der Waals surface area contributed by atoms with E-state index in [9.17, 15) is 24.0 Å². The maximum Gasteiger partial charge on any atom is 0.419 e. The van der Waals surface area contributed by atoms with E-state index in [-0.39, 0.29) is 51.9 Å². The average molecular weight is 1060 g/mol. The molecule has 0 saturated carbocycles. The van der Waals surface area contributed by atoms with Crippen LogP contribution < -0.4 is 26.6 Å². The van der Waals surface area contributed by atoms with Crippen LogP contribution in [0.1, 0.15) is 98.3 Å². The molecule has 374 valence electrons. The van der Waals surface area contributed by atoms with Crippen molar-refractivity contribution in [3.05, 3.63) is 87.1 Å². The molecule has 5 rings (SSSR count). The van der Waals surface area contributed by atoms with Gasteiger partial charge in [-0.1, -0.05) is 63.6 Å². The minimum absolute atomic E-state index is 0.00977. The molecule has 3 heterocycles. The van der Waals surface area contributed by atoms with Crippen molar-refractivity contribution in [2.45, 2.75) is 146 Å². The zero-order valence-corrected chi connectivity index (χ0v) is 44.0. The quantitative estimate of drug-likeness (QED) is 0.0793. The van der Waals surface area contributed by atoms with E-state index in [0.717, 1.165) is 5.56 Å². The Balaban J connectivity index is 1.59. The summed E-state index contributed by atoms with van der Waals surface area (Å²) in [7, 11) is 1.49. The number of halogens is 2. The van der Waals surface area contributed by atoms with Gasteiger partial charge in [0.05, 0.1) is 16.6 Å². The molecule has 0 unspecified atom stereocenters. The highest BCUT2D eigenvalue weighted by Gasteiger charge is 2.35. The number of hydrogen-bond donors (Lipinski definition) is 5. The van der Waals surface area contributed by atoms with Crippen LogP contribution in [0.2, 0.25) is 5.02 Å². The van der Waals surface area contributed by atoms with E-state index in [1.165, 1.54) is 28.3 Å². The average Bonchev–Trinajstić information content (AvgIpc) is 3.62. The van der Waals surface area contributed by atoms with Gasteiger partial charge >= 0.3 is 18.3 Å². The minimum atomic E-state index is -1.21. The first-order valence-electron chi connectivity index (χ1n) is 22.7. The van der Waals surface area contributed by atoms with Gasteiger partial charge in [-0.15, -0.1) is 0 Å². The lowest BCUT2D eigenvalue weighted by Crippen LogP contribution is -2.57. The molecule has 1 aliphatic rings. The van der Waals surface area contributed by atoms with Crippen molar-refractivity contribution in [1.82, 2.24) is 41.0 Å². The van der Waals surface area contributed by atoms with Gasteiger partial charge in [0, 0.05) is 72.4 Å². The molecule has 0 spiro atoms. The normalized spacial score (nSPS) is 17.7. The summed E-state index contributed by atoms with van der Waals surface area (Å²) in [6, 6.07) is 11.0. The third-order valence-corrected chi connectivity index (χ3v) is 12.9. The molecule has 0 bridgehead atoms. The summed E-state index contributed by atoms with van der Waals surface area (Å²) < 4.78 is 18.6. The summed E-state index contributed by atoms with van der Waals surface area (Å²) in [5.74, 6) is -1.69. The molecule has 0 aliphatic carbocycles. The van der Waals surface area contributed by atoms with Gasteiger partial charge in [0.25, 0.3) is 0 Å². The zero-order valence-electron chi connectivity index (χ0n) is 40.8. The van der Waals surface area contributed by atoms with Crippen LogP contribution in [-0.4, -0.2) is 106 Å². The SMILES string of the molecule is CN1C(=O)[C@H](CCCNC(=O)OC(C)(C)C)NC(=O)[C@H](CCNC(=O)OC(C)(C)C)NCc2cccnc2Sc2c(Cl)ccc(Br)c2CNC(=O)[C@@H]1Cc1cn(C(=O)OC(C)(C)C)c2ccccc12. The van der Waals surface area contributed by atoms with Crippen molar-refractivity contribution in [2.75, 3.05) is 20.1 Å². The molecule has 0 fully saturated rings. The Bertz CT molecular complexity index is 2520. The molecule has 0 saturated heterocycles.